The van der Waals surface area contributed by atoms with Crippen LogP contribution in [-0.4, -0.2) is 13.1 Å². The topological polar surface area (TPSA) is 39.8 Å². The van der Waals surface area contributed by atoms with E-state index < -0.39 is 20.0 Å². The third kappa shape index (κ3) is 2.63. The van der Waals surface area contributed by atoms with Crippen LogP contribution in [0.2, 0.25) is 19.6 Å². The van der Waals surface area contributed by atoms with Crippen LogP contribution in [0.25, 0.3) is 11.3 Å². The lowest BCUT2D eigenvalue weighted by Gasteiger charge is -2.28. The molecule has 101 valence electrons. The second-order valence-corrected chi connectivity index (χ2v) is 10.4. The molecule has 0 bridgehead atoms. The number of halogens is 2. The van der Waals surface area contributed by atoms with E-state index in [-0.39, 0.29) is 10.3 Å². The first-order chi connectivity index (χ1) is 8.80. The van der Waals surface area contributed by atoms with E-state index in [1.807, 2.05) is 6.07 Å². The van der Waals surface area contributed by atoms with Crippen LogP contribution in [0.4, 0.5) is 8.78 Å². The number of rotatable bonds is 2. The van der Waals surface area contributed by atoms with Gasteiger partial charge in [0.05, 0.1) is 5.69 Å². The number of hydrogen-bond donors (Lipinski definition) is 0. The Kier molecular flexibility index (Phi) is 3.36. The van der Waals surface area contributed by atoms with Crippen molar-refractivity contribution in [1.82, 2.24) is 4.98 Å². The standard InChI is InChI=1S/C13H14F2N2OSi/c1-19(2,3)9-4-6-11(16-8-9)10-5-7-12(14)17(18)13(10)15/h4-8H,1-3H3/q-1. The maximum absolute atomic E-state index is 13.7. The Morgan fingerprint density at radius 1 is 1.11 bits per heavy atom. The largest absolute Gasteiger partial charge is 0.614 e. The van der Waals surface area contributed by atoms with Crippen LogP contribution < -0.4 is 9.92 Å². The van der Waals surface area contributed by atoms with Crippen LogP contribution in [-0.2, 0) is 0 Å². The average Bonchev–Trinajstić information content (AvgIpc) is 2.35. The molecule has 0 amide bonds. The van der Waals surface area contributed by atoms with Crippen molar-refractivity contribution in [2.24, 2.45) is 0 Å². The lowest BCUT2D eigenvalue weighted by Crippen LogP contribution is -2.38. The molecule has 0 aromatic carbocycles. The van der Waals surface area contributed by atoms with Crippen molar-refractivity contribution in [3.8, 4) is 11.3 Å². The molecule has 0 aliphatic carbocycles. The molecule has 6 heteroatoms. The minimum Gasteiger partial charge on any atom is -0.614 e. The number of pyridine rings is 2. The van der Waals surface area contributed by atoms with Gasteiger partial charge in [-0.1, -0.05) is 6.07 Å². The molecule has 0 N–H and O–H groups in total. The molecule has 0 aliphatic rings. The quantitative estimate of drug-likeness (QED) is 0.366. The normalized spacial score (nSPS) is 11.6. The molecule has 0 radical (unpaired) electrons. The molecule has 19 heavy (non-hydrogen) atoms. The Morgan fingerprint density at radius 3 is 2.32 bits per heavy atom. The van der Waals surface area contributed by atoms with E-state index in [9.17, 15) is 14.0 Å². The van der Waals surface area contributed by atoms with Crippen molar-refractivity contribution in [2.75, 3.05) is 0 Å². The van der Waals surface area contributed by atoms with Gasteiger partial charge in [-0.05, 0) is 18.3 Å². The molecule has 0 saturated carbocycles. The predicted octanol–water partition coefficient (Wildman–Crippen LogP) is 2.21. The lowest BCUT2D eigenvalue weighted by molar-refractivity contribution is -0.666. The summed E-state index contributed by atoms with van der Waals surface area (Å²) in [5, 5.41) is 12.3. The summed E-state index contributed by atoms with van der Waals surface area (Å²) in [4.78, 5) is 4.17. The molecule has 0 unspecified atom stereocenters. The molecular formula is C13H14F2N2OSi-. The van der Waals surface area contributed by atoms with E-state index in [4.69, 9.17) is 0 Å². The summed E-state index contributed by atoms with van der Waals surface area (Å²) in [6.45, 7) is 6.52. The fraction of sp³-hybridized carbons (Fsp3) is 0.231. The Balaban J connectivity index is 2.46. The van der Waals surface area contributed by atoms with Crippen molar-refractivity contribution in [2.45, 2.75) is 19.6 Å². The number of nitrogens with zero attached hydrogens (tertiary/aromatic N) is 2. The Morgan fingerprint density at radius 2 is 1.79 bits per heavy atom. The zero-order valence-corrected chi connectivity index (χ0v) is 11.9. The van der Waals surface area contributed by atoms with E-state index in [2.05, 4.69) is 24.6 Å². The maximum atomic E-state index is 13.7. The van der Waals surface area contributed by atoms with Gasteiger partial charge in [0.15, 0.2) is 0 Å². The van der Waals surface area contributed by atoms with Gasteiger partial charge >= 0.3 is 11.9 Å². The highest BCUT2D eigenvalue weighted by Gasteiger charge is 2.18. The van der Waals surface area contributed by atoms with Gasteiger partial charge in [0.25, 0.3) is 0 Å². The van der Waals surface area contributed by atoms with Crippen molar-refractivity contribution >= 4 is 13.3 Å². The van der Waals surface area contributed by atoms with E-state index >= 15 is 0 Å². The van der Waals surface area contributed by atoms with Crippen molar-refractivity contribution in [3.63, 3.8) is 0 Å². The molecule has 2 aromatic rings. The van der Waals surface area contributed by atoms with Crippen LogP contribution in [0.3, 0.4) is 0 Å². The Labute approximate surface area is 111 Å². The van der Waals surface area contributed by atoms with E-state index in [0.717, 1.165) is 11.3 Å². The van der Waals surface area contributed by atoms with E-state index in [1.165, 1.54) is 6.07 Å². The molecule has 0 saturated heterocycles. The molecule has 2 heterocycles. The minimum absolute atomic E-state index is 0.00136. The van der Waals surface area contributed by atoms with Crippen molar-refractivity contribution < 1.29 is 13.5 Å². The number of hydrogen-bond acceptors (Lipinski definition) is 2. The summed E-state index contributed by atoms with van der Waals surface area (Å²) in [5.41, 5.74) is 0.322. The van der Waals surface area contributed by atoms with Crippen LogP contribution in [0.5, 0.6) is 0 Å². The molecule has 0 spiro atoms. The average molecular weight is 280 g/mol. The van der Waals surface area contributed by atoms with Crippen molar-refractivity contribution in [1.29, 1.82) is 0 Å². The van der Waals surface area contributed by atoms with Crippen molar-refractivity contribution in [3.05, 3.63) is 47.6 Å². The lowest BCUT2D eigenvalue weighted by atomic mass is 10.2. The smallest absolute Gasteiger partial charge is 0.382 e. The highest BCUT2D eigenvalue weighted by atomic mass is 28.3. The van der Waals surface area contributed by atoms with E-state index in [0.29, 0.717) is 5.69 Å². The van der Waals surface area contributed by atoms with E-state index in [1.54, 1.807) is 12.3 Å². The first-order valence-corrected chi connectivity index (χ1v) is 9.35. The van der Waals surface area contributed by atoms with Crippen LogP contribution >= 0.6 is 0 Å². The van der Waals surface area contributed by atoms with Gasteiger partial charge in [0.1, 0.15) is 5.56 Å². The monoisotopic (exact) mass is 280 g/mol. The molecule has 0 atom stereocenters. The molecule has 0 fully saturated rings. The fourth-order valence-electron chi connectivity index (χ4n) is 1.68. The zero-order valence-electron chi connectivity index (χ0n) is 10.9. The highest BCUT2D eigenvalue weighted by molar-refractivity contribution is 6.88. The summed E-state index contributed by atoms with van der Waals surface area (Å²) in [6.07, 6.45) is 1.69. The first-order valence-electron chi connectivity index (χ1n) is 5.85. The molecule has 2 rings (SSSR count). The molecule has 0 aliphatic heterocycles. The van der Waals surface area contributed by atoms with Crippen LogP contribution in [0.1, 0.15) is 0 Å². The first kappa shape index (κ1) is 13.6. The maximum Gasteiger partial charge on any atom is 0.382 e. The third-order valence-corrected chi connectivity index (χ3v) is 4.92. The van der Waals surface area contributed by atoms with Gasteiger partial charge in [0.2, 0.25) is 0 Å². The van der Waals surface area contributed by atoms with Crippen LogP contribution in [0, 0.1) is 17.1 Å². The Hall–Kier alpha value is -1.82. The van der Waals surface area contributed by atoms with Crippen LogP contribution in [0.15, 0.2) is 30.5 Å². The minimum atomic E-state index is -1.47. The third-order valence-electron chi connectivity index (χ3n) is 2.89. The van der Waals surface area contributed by atoms with Gasteiger partial charge in [0, 0.05) is 6.07 Å². The SMILES string of the molecule is C[Si-](C)(C)c1ccc(-c2ccc(F)[n+]([O-])c2F)nc1. The van der Waals surface area contributed by atoms with Gasteiger partial charge in [-0.15, -0.1) is 21.6 Å². The van der Waals surface area contributed by atoms with Gasteiger partial charge in [-0.3, -0.25) is 4.98 Å². The van der Waals surface area contributed by atoms with Gasteiger partial charge in [-0.25, -0.2) is 0 Å². The fourth-order valence-corrected chi connectivity index (χ4v) is 2.71. The summed E-state index contributed by atoms with van der Waals surface area (Å²) < 4.78 is 26.2. The second-order valence-electron chi connectivity index (χ2n) is 5.34. The van der Waals surface area contributed by atoms with Gasteiger partial charge in [-0.2, -0.15) is 24.8 Å². The predicted molar refractivity (Wildman–Crippen MR) is 71.5 cm³/mol. The summed E-state index contributed by atoms with van der Waals surface area (Å²) in [7, 11) is -1.47. The number of aromatic nitrogens is 2. The highest BCUT2D eigenvalue weighted by Crippen LogP contribution is 2.18. The summed E-state index contributed by atoms with van der Waals surface area (Å²) in [6, 6.07) is 5.69. The second kappa shape index (κ2) is 4.69. The van der Waals surface area contributed by atoms with Gasteiger partial charge < -0.3 is 5.21 Å². The Bertz CT molecular complexity index is 609. The summed E-state index contributed by atoms with van der Waals surface area (Å²) in [5.74, 6) is -2.34. The summed E-state index contributed by atoms with van der Waals surface area (Å²) >= 11 is 0. The zero-order chi connectivity index (χ0) is 14.2. The molecule has 2 aromatic heterocycles. The molecular weight excluding hydrogens is 266 g/mol. The molecule has 3 nitrogen and oxygen atoms in total.